The molecule has 1 heterocycles. The van der Waals surface area contributed by atoms with Crippen LogP contribution in [0.3, 0.4) is 0 Å². The highest BCUT2D eigenvalue weighted by atomic mass is 32.1. The molecule has 0 saturated carbocycles. The van der Waals surface area contributed by atoms with Gasteiger partial charge < -0.3 is 5.32 Å². The molecule has 0 atom stereocenters. The number of hydrogen-bond donors (Lipinski definition) is 1. The lowest BCUT2D eigenvalue weighted by molar-refractivity contribution is 1.47. The van der Waals surface area contributed by atoms with E-state index in [0.29, 0.717) is 0 Å². The molecular weight excluding hydrogens is 272 g/mol. The van der Waals surface area contributed by atoms with Gasteiger partial charge in [0.1, 0.15) is 0 Å². The zero-order chi connectivity index (χ0) is 13.2. The normalized spacial score (nSPS) is 10.6. The highest BCUT2D eigenvalue weighted by molar-refractivity contribution is 7.80. The van der Waals surface area contributed by atoms with E-state index < -0.39 is 0 Å². The van der Waals surface area contributed by atoms with Crippen molar-refractivity contribution >= 4 is 43.9 Å². The van der Waals surface area contributed by atoms with Crippen LogP contribution in [0, 0.1) is 0 Å². The number of rotatable bonds is 2. The van der Waals surface area contributed by atoms with Crippen LogP contribution in [-0.4, -0.2) is 9.97 Å². The fourth-order valence-electron chi connectivity index (χ4n) is 1.94. The van der Waals surface area contributed by atoms with Crippen LogP contribution >= 0.6 is 23.6 Å². The maximum absolute atomic E-state index is 5.04. The number of nitrogens with one attached hydrogen (secondary N) is 1. The number of nitrogens with zero attached hydrogens (tertiary/aromatic N) is 1. The van der Waals surface area contributed by atoms with Gasteiger partial charge in [-0.15, -0.1) is 0 Å². The summed E-state index contributed by atoms with van der Waals surface area (Å²) in [5.74, 6) is 0. The van der Waals surface area contributed by atoms with Crippen molar-refractivity contribution in [2.45, 2.75) is 6.92 Å². The maximum Gasteiger partial charge on any atom is 0.188 e. The third kappa shape index (κ3) is 2.64. The number of anilines is 1. The lowest BCUT2D eigenvalue weighted by Crippen LogP contribution is -2.02. The molecule has 94 valence electrons. The summed E-state index contributed by atoms with van der Waals surface area (Å²) in [6.45, 7) is 1.86. The molecule has 19 heavy (non-hydrogen) atoms. The van der Waals surface area contributed by atoms with Crippen molar-refractivity contribution in [3.63, 3.8) is 0 Å². The fraction of sp³-hybridized carbons (Fsp3) is 0.0667. The van der Waals surface area contributed by atoms with Crippen molar-refractivity contribution < 1.29 is 0 Å². The van der Waals surface area contributed by atoms with Gasteiger partial charge in [0.15, 0.2) is 5.13 Å². The lowest BCUT2D eigenvalue weighted by Gasteiger charge is -2.00. The van der Waals surface area contributed by atoms with Crippen molar-refractivity contribution in [1.82, 2.24) is 4.98 Å². The van der Waals surface area contributed by atoms with Gasteiger partial charge >= 0.3 is 0 Å². The first kappa shape index (κ1) is 12.3. The van der Waals surface area contributed by atoms with Gasteiger partial charge in [-0.1, -0.05) is 60.0 Å². The van der Waals surface area contributed by atoms with E-state index in [1.54, 1.807) is 11.3 Å². The van der Waals surface area contributed by atoms with E-state index in [2.05, 4.69) is 52.8 Å². The van der Waals surface area contributed by atoms with Gasteiger partial charge in [0.05, 0.1) is 15.2 Å². The molecule has 4 heteroatoms. The quantitative estimate of drug-likeness (QED) is 0.689. The Bertz CT molecular complexity index is 732. The SMILES string of the molecule is CC(=S)Nc1nc2ccc(-c3ccccc3)cc2s1. The number of fused-ring (bicyclic) bond motifs is 1. The van der Waals surface area contributed by atoms with E-state index in [0.717, 1.165) is 15.6 Å². The first-order valence-electron chi connectivity index (χ1n) is 5.96. The zero-order valence-electron chi connectivity index (χ0n) is 10.4. The minimum atomic E-state index is 0.738. The minimum absolute atomic E-state index is 0.738. The molecule has 0 saturated heterocycles. The Morgan fingerprint density at radius 2 is 1.89 bits per heavy atom. The summed E-state index contributed by atoms with van der Waals surface area (Å²) in [4.78, 5) is 5.25. The largest absolute Gasteiger partial charge is 0.326 e. The molecule has 0 aliphatic heterocycles. The van der Waals surface area contributed by atoms with Crippen LogP contribution in [-0.2, 0) is 0 Å². The molecule has 0 bridgehead atoms. The van der Waals surface area contributed by atoms with Crippen LogP contribution in [0.2, 0.25) is 0 Å². The van der Waals surface area contributed by atoms with Crippen LogP contribution in [0.5, 0.6) is 0 Å². The molecule has 0 aliphatic rings. The maximum atomic E-state index is 5.04. The minimum Gasteiger partial charge on any atom is -0.326 e. The molecule has 0 unspecified atom stereocenters. The number of thiocarbonyl (C=S) groups is 1. The van der Waals surface area contributed by atoms with E-state index in [9.17, 15) is 0 Å². The van der Waals surface area contributed by atoms with Gasteiger partial charge in [-0.2, -0.15) is 0 Å². The van der Waals surface area contributed by atoms with Crippen molar-refractivity contribution in [2.75, 3.05) is 5.32 Å². The van der Waals surface area contributed by atoms with Crippen LogP contribution in [0.1, 0.15) is 6.92 Å². The molecule has 3 rings (SSSR count). The van der Waals surface area contributed by atoms with Gasteiger partial charge in [-0.25, -0.2) is 4.98 Å². The van der Waals surface area contributed by atoms with Crippen LogP contribution < -0.4 is 5.32 Å². The van der Waals surface area contributed by atoms with E-state index in [1.807, 2.05) is 13.0 Å². The Hall–Kier alpha value is -1.78. The molecule has 2 nitrogen and oxygen atoms in total. The molecule has 0 aliphatic carbocycles. The second-order valence-electron chi connectivity index (χ2n) is 4.25. The molecule has 0 amide bonds. The topological polar surface area (TPSA) is 24.9 Å². The van der Waals surface area contributed by atoms with Crippen LogP contribution in [0.4, 0.5) is 5.13 Å². The number of benzene rings is 2. The van der Waals surface area contributed by atoms with Crippen molar-refractivity contribution in [3.8, 4) is 11.1 Å². The monoisotopic (exact) mass is 284 g/mol. The molecule has 2 aromatic carbocycles. The molecule has 1 N–H and O–H groups in total. The predicted molar refractivity (Wildman–Crippen MR) is 87.0 cm³/mol. The molecule has 0 fully saturated rings. The summed E-state index contributed by atoms with van der Waals surface area (Å²) in [7, 11) is 0. The molecule has 1 aromatic heterocycles. The fourth-order valence-corrected chi connectivity index (χ4v) is 3.06. The summed E-state index contributed by atoms with van der Waals surface area (Å²) in [6.07, 6.45) is 0. The third-order valence-electron chi connectivity index (χ3n) is 2.78. The van der Waals surface area contributed by atoms with E-state index in [1.165, 1.54) is 15.8 Å². The number of aromatic nitrogens is 1. The molecule has 0 spiro atoms. The predicted octanol–water partition coefficient (Wildman–Crippen LogP) is 4.72. The summed E-state index contributed by atoms with van der Waals surface area (Å²) in [5.41, 5.74) is 3.43. The van der Waals surface area contributed by atoms with Crippen LogP contribution in [0.15, 0.2) is 48.5 Å². The Morgan fingerprint density at radius 3 is 2.63 bits per heavy atom. The zero-order valence-corrected chi connectivity index (χ0v) is 12.0. The first-order valence-corrected chi connectivity index (χ1v) is 7.18. The lowest BCUT2D eigenvalue weighted by atomic mass is 10.1. The van der Waals surface area contributed by atoms with Gasteiger partial charge in [0, 0.05) is 0 Å². The summed E-state index contributed by atoms with van der Waals surface area (Å²) >= 11 is 6.66. The van der Waals surface area contributed by atoms with Gasteiger partial charge in [0.25, 0.3) is 0 Å². The average molecular weight is 284 g/mol. The first-order chi connectivity index (χ1) is 9.22. The smallest absolute Gasteiger partial charge is 0.188 e. The highest BCUT2D eigenvalue weighted by Gasteiger charge is 2.05. The molecule has 3 aromatic rings. The average Bonchev–Trinajstić information content (AvgIpc) is 2.79. The van der Waals surface area contributed by atoms with E-state index in [4.69, 9.17) is 12.2 Å². The van der Waals surface area contributed by atoms with Crippen LogP contribution in [0.25, 0.3) is 21.3 Å². The van der Waals surface area contributed by atoms with E-state index in [-0.39, 0.29) is 0 Å². The Balaban J connectivity index is 2.03. The summed E-state index contributed by atoms with van der Waals surface area (Å²) in [6, 6.07) is 16.7. The Kier molecular flexibility index (Phi) is 3.27. The summed E-state index contributed by atoms with van der Waals surface area (Å²) in [5, 5.41) is 3.95. The van der Waals surface area contributed by atoms with Crippen molar-refractivity contribution in [1.29, 1.82) is 0 Å². The standard InChI is InChI=1S/C15H12N2S2/c1-10(18)16-15-17-13-8-7-12(9-14(13)19-15)11-5-3-2-4-6-11/h2-9H,1H3,(H,16,17,18). The van der Waals surface area contributed by atoms with Crippen molar-refractivity contribution in [3.05, 3.63) is 48.5 Å². The Morgan fingerprint density at radius 1 is 1.11 bits per heavy atom. The second kappa shape index (κ2) is 5.07. The second-order valence-corrected chi connectivity index (χ2v) is 5.89. The number of hydrogen-bond acceptors (Lipinski definition) is 3. The molecular formula is C15H12N2S2. The third-order valence-corrected chi connectivity index (χ3v) is 3.81. The van der Waals surface area contributed by atoms with Gasteiger partial charge in [-0.05, 0) is 30.2 Å². The van der Waals surface area contributed by atoms with Crippen molar-refractivity contribution in [2.24, 2.45) is 0 Å². The Labute approximate surface area is 121 Å². The van der Waals surface area contributed by atoms with E-state index >= 15 is 0 Å². The summed E-state index contributed by atoms with van der Waals surface area (Å²) < 4.78 is 1.17. The number of thiazole rings is 1. The van der Waals surface area contributed by atoms with Gasteiger partial charge in [-0.3, -0.25) is 0 Å². The highest BCUT2D eigenvalue weighted by Crippen LogP contribution is 2.30. The van der Waals surface area contributed by atoms with Gasteiger partial charge in [0.2, 0.25) is 0 Å². The molecule has 0 radical (unpaired) electrons.